The summed E-state index contributed by atoms with van der Waals surface area (Å²) in [5.41, 5.74) is 5.18. The molecule has 3 aliphatic rings. The summed E-state index contributed by atoms with van der Waals surface area (Å²) in [6.07, 6.45) is 4.49. The van der Waals surface area contributed by atoms with Gasteiger partial charge in [0.1, 0.15) is 11.8 Å². The number of carbonyl (C=O) groups is 1. The van der Waals surface area contributed by atoms with E-state index in [1.807, 2.05) is 0 Å². The molecule has 2 fully saturated rings. The summed E-state index contributed by atoms with van der Waals surface area (Å²) in [5.74, 6) is -0.680. The van der Waals surface area contributed by atoms with Gasteiger partial charge in [-0.3, -0.25) is 4.79 Å². The molecular weight excluding hydrogens is 310 g/mol. The van der Waals surface area contributed by atoms with E-state index in [1.165, 1.54) is 6.42 Å². The van der Waals surface area contributed by atoms with Crippen LogP contribution < -0.4 is 10.5 Å². The molecule has 8 nitrogen and oxygen atoms in total. The number of ether oxygens (including phenoxy) is 1. The lowest BCUT2D eigenvalue weighted by molar-refractivity contribution is -0.112. The highest BCUT2D eigenvalue weighted by Gasteiger charge is 2.45. The van der Waals surface area contributed by atoms with Crippen LogP contribution >= 0.6 is 0 Å². The Bertz CT molecular complexity index is 584. The van der Waals surface area contributed by atoms with Crippen molar-refractivity contribution in [2.75, 3.05) is 12.3 Å². The molecule has 0 aromatic heterocycles. The van der Waals surface area contributed by atoms with E-state index in [2.05, 4.69) is 9.88 Å². The van der Waals surface area contributed by atoms with Gasteiger partial charge in [-0.1, -0.05) is 5.16 Å². The molecule has 124 valence electrons. The van der Waals surface area contributed by atoms with Crippen molar-refractivity contribution in [1.29, 1.82) is 0 Å². The highest BCUT2D eigenvalue weighted by molar-refractivity contribution is 7.89. The van der Waals surface area contributed by atoms with E-state index in [0.717, 1.165) is 25.7 Å². The van der Waals surface area contributed by atoms with E-state index in [0.29, 0.717) is 0 Å². The van der Waals surface area contributed by atoms with Crippen LogP contribution in [0.1, 0.15) is 38.5 Å². The summed E-state index contributed by atoms with van der Waals surface area (Å²) >= 11 is 0. The molecule has 1 amide bonds. The number of hydrogen-bond donors (Lipinski definition) is 2. The molecule has 1 spiro atoms. The van der Waals surface area contributed by atoms with E-state index in [-0.39, 0.29) is 36.1 Å². The molecule has 0 aromatic rings. The van der Waals surface area contributed by atoms with Crippen LogP contribution in [0.4, 0.5) is 0 Å². The topological polar surface area (TPSA) is 120 Å². The molecule has 22 heavy (non-hydrogen) atoms. The third kappa shape index (κ3) is 3.41. The van der Waals surface area contributed by atoms with Gasteiger partial charge in [0.2, 0.25) is 10.0 Å². The number of oxime groups is 1. The van der Waals surface area contributed by atoms with Crippen molar-refractivity contribution < 1.29 is 22.8 Å². The quantitative estimate of drug-likeness (QED) is 0.688. The van der Waals surface area contributed by atoms with Crippen molar-refractivity contribution in [3.63, 3.8) is 0 Å². The lowest BCUT2D eigenvalue weighted by Crippen LogP contribution is -2.40. The molecule has 3 N–H and O–H groups in total. The van der Waals surface area contributed by atoms with Crippen LogP contribution in [0.15, 0.2) is 5.16 Å². The van der Waals surface area contributed by atoms with Crippen LogP contribution in [0, 0.1) is 0 Å². The average Bonchev–Trinajstić information content (AvgIpc) is 3.02. The fourth-order valence-electron chi connectivity index (χ4n) is 3.16. The van der Waals surface area contributed by atoms with Crippen molar-refractivity contribution >= 4 is 21.6 Å². The second-order valence-electron chi connectivity index (χ2n) is 6.28. The fourth-order valence-corrected chi connectivity index (χ4v) is 4.44. The highest BCUT2D eigenvalue weighted by Crippen LogP contribution is 2.45. The standard InChI is InChI=1S/C13H21N3O5S/c14-12(17)11-6-10(21-16-11)7-15-22(18,19)8-9-2-5-13(20-9)3-1-4-13/h9-10,15H,1-8H2,(H2,14,17). The molecule has 0 aromatic carbocycles. The molecule has 2 atom stereocenters. The lowest BCUT2D eigenvalue weighted by Gasteiger charge is -2.37. The fraction of sp³-hybridized carbons (Fsp3) is 0.846. The summed E-state index contributed by atoms with van der Waals surface area (Å²) < 4.78 is 32.6. The summed E-state index contributed by atoms with van der Waals surface area (Å²) in [5, 5.41) is 3.54. The number of nitrogens with zero attached hydrogens (tertiary/aromatic N) is 1. The van der Waals surface area contributed by atoms with Crippen molar-refractivity contribution in [3.8, 4) is 0 Å². The molecule has 9 heteroatoms. The Hall–Kier alpha value is -1.19. The van der Waals surface area contributed by atoms with E-state index in [9.17, 15) is 13.2 Å². The second kappa shape index (κ2) is 5.78. The Morgan fingerprint density at radius 2 is 2.14 bits per heavy atom. The van der Waals surface area contributed by atoms with Gasteiger partial charge >= 0.3 is 0 Å². The van der Waals surface area contributed by atoms with Crippen LogP contribution in [0.2, 0.25) is 0 Å². The number of amides is 1. The smallest absolute Gasteiger partial charge is 0.266 e. The molecule has 1 saturated heterocycles. The van der Waals surface area contributed by atoms with Crippen molar-refractivity contribution in [2.45, 2.75) is 56.3 Å². The van der Waals surface area contributed by atoms with Crippen LogP contribution in [0.25, 0.3) is 0 Å². The van der Waals surface area contributed by atoms with Crippen molar-refractivity contribution in [1.82, 2.24) is 4.72 Å². The molecule has 0 bridgehead atoms. The summed E-state index contributed by atoms with van der Waals surface area (Å²) in [6, 6.07) is 0. The van der Waals surface area contributed by atoms with Gasteiger partial charge in [0.25, 0.3) is 5.91 Å². The van der Waals surface area contributed by atoms with Gasteiger partial charge in [0, 0.05) is 6.42 Å². The van der Waals surface area contributed by atoms with Gasteiger partial charge in [-0.05, 0) is 32.1 Å². The summed E-state index contributed by atoms with van der Waals surface area (Å²) in [4.78, 5) is 15.9. The minimum Gasteiger partial charge on any atom is -0.390 e. The number of hydrogen-bond acceptors (Lipinski definition) is 6. The van der Waals surface area contributed by atoms with Crippen molar-refractivity contribution in [2.24, 2.45) is 10.9 Å². The number of primary amides is 1. The highest BCUT2D eigenvalue weighted by atomic mass is 32.2. The molecule has 2 heterocycles. The molecule has 1 saturated carbocycles. The number of nitrogens with two attached hydrogens (primary N) is 1. The van der Waals surface area contributed by atoms with E-state index in [1.54, 1.807) is 0 Å². The average molecular weight is 331 g/mol. The zero-order chi connectivity index (χ0) is 15.8. The largest absolute Gasteiger partial charge is 0.390 e. The minimum absolute atomic E-state index is 0.0367. The van der Waals surface area contributed by atoms with Crippen LogP contribution in [-0.2, 0) is 24.4 Å². The Morgan fingerprint density at radius 3 is 2.68 bits per heavy atom. The number of sulfonamides is 1. The first kappa shape index (κ1) is 15.7. The summed E-state index contributed by atoms with van der Waals surface area (Å²) in [7, 11) is -3.45. The third-order valence-corrected chi connectivity index (χ3v) is 5.97. The second-order valence-corrected chi connectivity index (χ2v) is 8.13. The Balaban J connectivity index is 1.43. The maximum Gasteiger partial charge on any atom is 0.266 e. The monoisotopic (exact) mass is 331 g/mol. The molecule has 3 rings (SSSR count). The zero-order valence-electron chi connectivity index (χ0n) is 12.3. The first-order chi connectivity index (χ1) is 10.4. The SMILES string of the molecule is NC(=O)C1=NOC(CNS(=O)(=O)CC2CCC3(CCC3)O2)C1. The van der Waals surface area contributed by atoms with Crippen molar-refractivity contribution in [3.05, 3.63) is 0 Å². The predicted molar refractivity (Wildman–Crippen MR) is 78.6 cm³/mol. The third-order valence-electron chi connectivity index (χ3n) is 4.56. The van der Waals surface area contributed by atoms with E-state index >= 15 is 0 Å². The van der Waals surface area contributed by atoms with E-state index < -0.39 is 22.0 Å². The van der Waals surface area contributed by atoms with Crippen LogP contribution in [0.3, 0.4) is 0 Å². The van der Waals surface area contributed by atoms with Gasteiger partial charge in [-0.15, -0.1) is 0 Å². The van der Waals surface area contributed by atoms with Crippen LogP contribution in [-0.4, -0.2) is 50.1 Å². The molecule has 0 radical (unpaired) electrons. The van der Waals surface area contributed by atoms with Gasteiger partial charge < -0.3 is 15.3 Å². The molecular formula is C13H21N3O5S. The summed E-state index contributed by atoms with van der Waals surface area (Å²) in [6.45, 7) is 0.0699. The Kier molecular flexibility index (Phi) is 4.13. The minimum atomic E-state index is -3.45. The lowest BCUT2D eigenvalue weighted by atomic mass is 9.78. The van der Waals surface area contributed by atoms with Gasteiger partial charge in [0.05, 0.1) is 24.0 Å². The molecule has 2 aliphatic heterocycles. The Labute approximate surface area is 129 Å². The number of nitrogens with one attached hydrogen (secondary N) is 1. The Morgan fingerprint density at radius 1 is 1.36 bits per heavy atom. The molecule has 2 unspecified atom stereocenters. The number of rotatable bonds is 6. The van der Waals surface area contributed by atoms with E-state index in [4.69, 9.17) is 15.3 Å². The number of carbonyl (C=O) groups excluding carboxylic acids is 1. The van der Waals surface area contributed by atoms with Crippen LogP contribution in [0.5, 0.6) is 0 Å². The normalized spacial score (nSPS) is 29.9. The maximum atomic E-state index is 12.1. The first-order valence-electron chi connectivity index (χ1n) is 7.55. The maximum absolute atomic E-state index is 12.1. The zero-order valence-corrected chi connectivity index (χ0v) is 13.1. The van der Waals surface area contributed by atoms with Gasteiger partial charge in [0.15, 0.2) is 0 Å². The van der Waals surface area contributed by atoms with Gasteiger partial charge in [-0.2, -0.15) is 0 Å². The predicted octanol–water partition coefficient (Wildman–Crippen LogP) is -0.362. The molecule has 1 aliphatic carbocycles. The first-order valence-corrected chi connectivity index (χ1v) is 9.20. The van der Waals surface area contributed by atoms with Gasteiger partial charge in [-0.25, -0.2) is 13.1 Å².